The van der Waals surface area contributed by atoms with E-state index in [0.29, 0.717) is 5.56 Å². The molecule has 1 fully saturated rings. The summed E-state index contributed by atoms with van der Waals surface area (Å²) in [7, 11) is 0. The van der Waals surface area contributed by atoms with E-state index in [1.807, 2.05) is 18.2 Å². The van der Waals surface area contributed by atoms with Crippen LogP contribution in [0.5, 0.6) is 0 Å². The molecule has 4 N–H and O–H groups in total. The van der Waals surface area contributed by atoms with Crippen LogP contribution in [0.2, 0.25) is 0 Å². The van der Waals surface area contributed by atoms with Crippen LogP contribution < -0.4 is 11.5 Å². The summed E-state index contributed by atoms with van der Waals surface area (Å²) >= 11 is 0. The molecule has 4 nitrogen and oxygen atoms in total. The largest absolute Gasteiger partial charge is 0.366 e. The highest BCUT2D eigenvalue weighted by molar-refractivity contribution is 5.92. The molecule has 0 aromatic heterocycles. The molecule has 1 aliphatic rings. The van der Waals surface area contributed by atoms with Gasteiger partial charge in [0.25, 0.3) is 0 Å². The van der Waals surface area contributed by atoms with Crippen LogP contribution in [0.25, 0.3) is 0 Å². The van der Waals surface area contributed by atoms with Gasteiger partial charge in [-0.05, 0) is 37.1 Å². The summed E-state index contributed by atoms with van der Waals surface area (Å²) in [6.45, 7) is 2.85. The molecule has 2 rings (SSSR count). The van der Waals surface area contributed by atoms with Crippen LogP contribution in [0.1, 0.15) is 28.8 Å². The minimum Gasteiger partial charge on any atom is -0.366 e. The lowest BCUT2D eigenvalue weighted by atomic mass is 10.0. The first-order valence-electron chi connectivity index (χ1n) is 6.02. The van der Waals surface area contributed by atoms with Crippen LogP contribution >= 0.6 is 0 Å². The van der Waals surface area contributed by atoms with E-state index in [4.69, 9.17) is 11.5 Å². The normalized spacial score (nSPS) is 21.4. The highest BCUT2D eigenvalue weighted by Crippen LogP contribution is 2.13. The number of likely N-dealkylation sites (tertiary alicyclic amines) is 1. The Kier molecular flexibility index (Phi) is 3.76. The highest BCUT2D eigenvalue weighted by Gasteiger charge is 2.16. The number of nitrogens with zero attached hydrogens (tertiary/aromatic N) is 1. The van der Waals surface area contributed by atoms with Crippen molar-refractivity contribution in [1.29, 1.82) is 0 Å². The first-order valence-corrected chi connectivity index (χ1v) is 6.02. The predicted octanol–water partition coefficient (Wildman–Crippen LogP) is 0.709. The molecule has 0 saturated carbocycles. The average molecular weight is 233 g/mol. The van der Waals surface area contributed by atoms with Gasteiger partial charge in [-0.25, -0.2) is 0 Å². The molecule has 0 spiro atoms. The fraction of sp³-hybridized carbons (Fsp3) is 0.462. The first kappa shape index (κ1) is 12.1. The zero-order valence-corrected chi connectivity index (χ0v) is 9.93. The standard InChI is InChI=1S/C13H19N3O/c14-12-5-2-6-16(9-12)8-10-3-1-4-11(7-10)13(15)17/h1,3-4,7,12H,2,5-6,8-9,14H2,(H2,15,17)/t12-/m1/s1. The van der Waals surface area contributed by atoms with Crippen LogP contribution in [0.3, 0.4) is 0 Å². The Bertz CT molecular complexity index is 405. The minimum atomic E-state index is -0.373. The molecule has 1 atom stereocenters. The molecule has 1 aromatic carbocycles. The fourth-order valence-electron chi connectivity index (χ4n) is 2.32. The third-order valence-electron chi connectivity index (χ3n) is 3.16. The SMILES string of the molecule is NC(=O)c1cccc(CN2CCC[C@@H](N)C2)c1. The van der Waals surface area contributed by atoms with Crippen molar-refractivity contribution in [2.75, 3.05) is 13.1 Å². The monoisotopic (exact) mass is 233 g/mol. The van der Waals surface area contributed by atoms with Gasteiger partial charge >= 0.3 is 0 Å². The number of benzene rings is 1. The van der Waals surface area contributed by atoms with Crippen LogP contribution in [0.4, 0.5) is 0 Å². The molecule has 0 bridgehead atoms. The molecule has 1 aromatic rings. The fourth-order valence-corrected chi connectivity index (χ4v) is 2.32. The van der Waals surface area contributed by atoms with Gasteiger partial charge in [0, 0.05) is 24.7 Å². The second-order valence-corrected chi connectivity index (χ2v) is 4.70. The summed E-state index contributed by atoms with van der Waals surface area (Å²) < 4.78 is 0. The molecule has 1 aliphatic heterocycles. The predicted molar refractivity (Wildman–Crippen MR) is 67.4 cm³/mol. The Morgan fingerprint density at radius 2 is 2.29 bits per heavy atom. The zero-order chi connectivity index (χ0) is 12.3. The van der Waals surface area contributed by atoms with E-state index in [2.05, 4.69) is 4.90 Å². The summed E-state index contributed by atoms with van der Waals surface area (Å²) in [5.41, 5.74) is 12.9. The number of rotatable bonds is 3. The molecular formula is C13H19N3O. The molecule has 1 heterocycles. The Hall–Kier alpha value is -1.39. The van der Waals surface area contributed by atoms with E-state index in [0.717, 1.165) is 38.0 Å². The van der Waals surface area contributed by atoms with E-state index in [1.54, 1.807) is 6.07 Å². The number of carbonyl (C=O) groups is 1. The molecular weight excluding hydrogens is 214 g/mol. The van der Waals surface area contributed by atoms with Gasteiger partial charge in [0.2, 0.25) is 5.91 Å². The Balaban J connectivity index is 2.02. The number of piperidine rings is 1. The molecule has 92 valence electrons. The Labute approximate surface area is 102 Å². The van der Waals surface area contributed by atoms with E-state index >= 15 is 0 Å². The lowest BCUT2D eigenvalue weighted by Crippen LogP contribution is -2.42. The molecule has 4 heteroatoms. The van der Waals surface area contributed by atoms with Crippen molar-refractivity contribution < 1.29 is 4.79 Å². The maximum absolute atomic E-state index is 11.1. The summed E-state index contributed by atoms with van der Waals surface area (Å²) in [6.07, 6.45) is 2.26. The maximum atomic E-state index is 11.1. The van der Waals surface area contributed by atoms with Gasteiger partial charge in [-0.2, -0.15) is 0 Å². The lowest BCUT2D eigenvalue weighted by molar-refractivity contribution is 0.1000. The van der Waals surface area contributed by atoms with Gasteiger partial charge in [-0.15, -0.1) is 0 Å². The molecule has 1 saturated heterocycles. The van der Waals surface area contributed by atoms with Gasteiger partial charge in [-0.1, -0.05) is 12.1 Å². The highest BCUT2D eigenvalue weighted by atomic mass is 16.1. The topological polar surface area (TPSA) is 72.4 Å². The molecule has 0 radical (unpaired) electrons. The van der Waals surface area contributed by atoms with Gasteiger partial charge in [0.05, 0.1) is 0 Å². The second-order valence-electron chi connectivity index (χ2n) is 4.70. The lowest BCUT2D eigenvalue weighted by Gasteiger charge is -2.30. The van der Waals surface area contributed by atoms with Gasteiger partial charge in [0.15, 0.2) is 0 Å². The maximum Gasteiger partial charge on any atom is 0.248 e. The van der Waals surface area contributed by atoms with Crippen molar-refractivity contribution in [2.45, 2.75) is 25.4 Å². The van der Waals surface area contributed by atoms with Crippen LogP contribution in [-0.2, 0) is 6.54 Å². The summed E-state index contributed by atoms with van der Waals surface area (Å²) in [6, 6.07) is 7.78. The summed E-state index contributed by atoms with van der Waals surface area (Å²) in [5.74, 6) is -0.373. The van der Waals surface area contributed by atoms with Crippen molar-refractivity contribution in [3.63, 3.8) is 0 Å². The molecule has 0 unspecified atom stereocenters. The molecule has 0 aliphatic carbocycles. The Morgan fingerprint density at radius 3 is 3.00 bits per heavy atom. The summed E-state index contributed by atoms with van der Waals surface area (Å²) in [4.78, 5) is 13.4. The molecule has 1 amide bonds. The number of primary amides is 1. The van der Waals surface area contributed by atoms with Gasteiger partial charge in [-0.3, -0.25) is 9.69 Å². The first-order chi connectivity index (χ1) is 8.15. The number of hydrogen-bond acceptors (Lipinski definition) is 3. The van der Waals surface area contributed by atoms with Crippen molar-refractivity contribution in [1.82, 2.24) is 4.90 Å². The number of amides is 1. The molecule has 17 heavy (non-hydrogen) atoms. The summed E-state index contributed by atoms with van der Waals surface area (Å²) in [5, 5.41) is 0. The number of nitrogens with two attached hydrogens (primary N) is 2. The van der Waals surface area contributed by atoms with E-state index < -0.39 is 0 Å². The van der Waals surface area contributed by atoms with Crippen molar-refractivity contribution in [3.8, 4) is 0 Å². The number of carbonyl (C=O) groups excluding carboxylic acids is 1. The number of hydrogen-bond donors (Lipinski definition) is 2. The zero-order valence-electron chi connectivity index (χ0n) is 9.93. The van der Waals surface area contributed by atoms with E-state index in [1.165, 1.54) is 0 Å². The van der Waals surface area contributed by atoms with Crippen molar-refractivity contribution >= 4 is 5.91 Å². The minimum absolute atomic E-state index is 0.281. The van der Waals surface area contributed by atoms with Gasteiger partial charge in [0.1, 0.15) is 0 Å². The van der Waals surface area contributed by atoms with E-state index in [-0.39, 0.29) is 11.9 Å². The van der Waals surface area contributed by atoms with Crippen molar-refractivity contribution in [2.24, 2.45) is 11.5 Å². The van der Waals surface area contributed by atoms with Crippen LogP contribution in [-0.4, -0.2) is 29.9 Å². The van der Waals surface area contributed by atoms with Crippen LogP contribution in [0, 0.1) is 0 Å². The third-order valence-corrected chi connectivity index (χ3v) is 3.16. The third kappa shape index (κ3) is 3.28. The smallest absolute Gasteiger partial charge is 0.248 e. The average Bonchev–Trinajstić information content (AvgIpc) is 2.29. The van der Waals surface area contributed by atoms with Crippen LogP contribution in [0.15, 0.2) is 24.3 Å². The van der Waals surface area contributed by atoms with E-state index in [9.17, 15) is 4.79 Å². The van der Waals surface area contributed by atoms with Crippen molar-refractivity contribution in [3.05, 3.63) is 35.4 Å². The second kappa shape index (κ2) is 5.29. The quantitative estimate of drug-likeness (QED) is 0.807. The van der Waals surface area contributed by atoms with Gasteiger partial charge < -0.3 is 11.5 Å². The Morgan fingerprint density at radius 1 is 1.47 bits per heavy atom.